The molecular weight excluding hydrogens is 350 g/mol. The number of nitriles is 1. The summed E-state index contributed by atoms with van der Waals surface area (Å²) in [7, 11) is 0. The van der Waals surface area contributed by atoms with Crippen LogP contribution in [0.2, 0.25) is 0 Å². The molecule has 1 heterocycles. The third-order valence-electron chi connectivity index (χ3n) is 5.05. The van der Waals surface area contributed by atoms with E-state index >= 15 is 0 Å². The molecule has 0 bridgehead atoms. The van der Waals surface area contributed by atoms with Gasteiger partial charge in [-0.2, -0.15) is 5.26 Å². The molecule has 2 aliphatic rings. The van der Waals surface area contributed by atoms with Crippen molar-refractivity contribution < 1.29 is 9.47 Å². The summed E-state index contributed by atoms with van der Waals surface area (Å²) in [6.07, 6.45) is 4.54. The number of ether oxygens (including phenoxy) is 2. The standard InChI is InChI=1S/C18H17NO2.C5H12N2/c1-2-20-18-11-13(12-19)7-9-17(18)21-16-10-8-14-5-3-4-6-15(14)16;6-5-2-1-3-7-4-5/h3-7,9,11,16H,2,8,10H2,1H3;5,7H,1-4,6H2. The summed E-state index contributed by atoms with van der Waals surface area (Å²) in [5.74, 6) is 1.35. The molecule has 0 aromatic heterocycles. The number of hydrogen-bond acceptors (Lipinski definition) is 5. The lowest BCUT2D eigenvalue weighted by Crippen LogP contribution is -2.39. The molecular formula is C23H29N3O2. The molecule has 2 aromatic carbocycles. The van der Waals surface area contributed by atoms with Gasteiger partial charge in [0.15, 0.2) is 11.5 Å². The Kier molecular flexibility index (Phi) is 7.30. The Hall–Kier alpha value is -2.55. The van der Waals surface area contributed by atoms with Gasteiger partial charge in [0.05, 0.1) is 18.2 Å². The first kappa shape index (κ1) is 20.2. The SMILES string of the molecule is CCOc1cc(C#N)ccc1OC1CCc2ccccc21.NC1CCCNC1. The van der Waals surface area contributed by atoms with Crippen LogP contribution in [0.1, 0.15) is 49.0 Å². The van der Waals surface area contributed by atoms with E-state index in [1.165, 1.54) is 24.0 Å². The quantitative estimate of drug-likeness (QED) is 0.846. The van der Waals surface area contributed by atoms with Crippen molar-refractivity contribution in [3.63, 3.8) is 0 Å². The fourth-order valence-corrected chi connectivity index (χ4v) is 3.62. The molecule has 0 saturated carbocycles. The topological polar surface area (TPSA) is 80.3 Å². The molecule has 0 spiro atoms. The van der Waals surface area contributed by atoms with Crippen molar-refractivity contribution in [1.82, 2.24) is 5.32 Å². The number of fused-ring (bicyclic) bond motifs is 1. The van der Waals surface area contributed by atoms with Crippen LogP contribution < -0.4 is 20.5 Å². The van der Waals surface area contributed by atoms with E-state index in [1.807, 2.05) is 19.1 Å². The van der Waals surface area contributed by atoms with E-state index in [2.05, 4.69) is 29.6 Å². The maximum Gasteiger partial charge on any atom is 0.162 e. The van der Waals surface area contributed by atoms with Crippen molar-refractivity contribution in [1.29, 1.82) is 5.26 Å². The van der Waals surface area contributed by atoms with Gasteiger partial charge in [0.1, 0.15) is 6.10 Å². The maximum atomic E-state index is 8.99. The van der Waals surface area contributed by atoms with Crippen LogP contribution >= 0.6 is 0 Å². The van der Waals surface area contributed by atoms with Gasteiger partial charge in [-0.3, -0.25) is 0 Å². The minimum Gasteiger partial charge on any atom is -0.490 e. The van der Waals surface area contributed by atoms with E-state index in [0.29, 0.717) is 29.7 Å². The zero-order chi connectivity index (χ0) is 19.8. The smallest absolute Gasteiger partial charge is 0.162 e. The third-order valence-corrected chi connectivity index (χ3v) is 5.05. The van der Waals surface area contributed by atoms with Crippen molar-refractivity contribution in [2.45, 2.75) is 44.8 Å². The van der Waals surface area contributed by atoms with Crippen LogP contribution in [0.4, 0.5) is 0 Å². The highest BCUT2D eigenvalue weighted by molar-refractivity contribution is 5.47. The lowest BCUT2D eigenvalue weighted by Gasteiger charge is -2.18. The predicted molar refractivity (Wildman–Crippen MR) is 111 cm³/mol. The highest BCUT2D eigenvalue weighted by Gasteiger charge is 2.24. The molecule has 4 rings (SSSR count). The molecule has 148 valence electrons. The second kappa shape index (κ2) is 10.1. The Morgan fingerprint density at radius 2 is 2.04 bits per heavy atom. The second-order valence-corrected chi connectivity index (χ2v) is 7.16. The van der Waals surface area contributed by atoms with Crippen LogP contribution in [-0.4, -0.2) is 25.7 Å². The van der Waals surface area contributed by atoms with Crippen LogP contribution in [0.3, 0.4) is 0 Å². The molecule has 2 atom stereocenters. The highest BCUT2D eigenvalue weighted by Crippen LogP contribution is 2.38. The van der Waals surface area contributed by atoms with E-state index in [1.54, 1.807) is 12.1 Å². The van der Waals surface area contributed by atoms with Crippen LogP contribution in [-0.2, 0) is 6.42 Å². The van der Waals surface area contributed by atoms with Gasteiger partial charge in [0.2, 0.25) is 0 Å². The number of aryl methyl sites for hydroxylation is 1. The average Bonchev–Trinajstić information content (AvgIpc) is 3.13. The number of hydrogen-bond donors (Lipinski definition) is 2. The molecule has 1 saturated heterocycles. The van der Waals surface area contributed by atoms with Gasteiger partial charge in [0, 0.05) is 18.7 Å². The minimum atomic E-state index is 0.0633. The molecule has 2 aromatic rings. The summed E-state index contributed by atoms with van der Waals surface area (Å²) in [6.45, 7) is 4.65. The zero-order valence-corrected chi connectivity index (χ0v) is 16.5. The summed E-state index contributed by atoms with van der Waals surface area (Å²) < 4.78 is 11.8. The lowest BCUT2D eigenvalue weighted by molar-refractivity contribution is 0.194. The third kappa shape index (κ3) is 5.25. The lowest BCUT2D eigenvalue weighted by atomic mass is 10.1. The summed E-state index contributed by atoms with van der Waals surface area (Å²) in [5.41, 5.74) is 8.76. The molecule has 0 radical (unpaired) electrons. The normalized spacial score (nSPS) is 20.3. The van der Waals surface area contributed by atoms with Crippen molar-refractivity contribution >= 4 is 0 Å². The summed E-state index contributed by atoms with van der Waals surface area (Å²) in [4.78, 5) is 0. The molecule has 2 unspecified atom stereocenters. The molecule has 5 nitrogen and oxygen atoms in total. The fourth-order valence-electron chi connectivity index (χ4n) is 3.62. The minimum absolute atomic E-state index is 0.0633. The highest BCUT2D eigenvalue weighted by atomic mass is 16.5. The zero-order valence-electron chi connectivity index (χ0n) is 16.5. The van der Waals surface area contributed by atoms with Crippen LogP contribution in [0.5, 0.6) is 11.5 Å². The Morgan fingerprint density at radius 1 is 1.18 bits per heavy atom. The monoisotopic (exact) mass is 379 g/mol. The molecule has 1 aliphatic heterocycles. The van der Waals surface area contributed by atoms with Crippen LogP contribution in [0.15, 0.2) is 42.5 Å². The van der Waals surface area contributed by atoms with Crippen molar-refractivity contribution in [3.05, 3.63) is 59.2 Å². The van der Waals surface area contributed by atoms with Gasteiger partial charge in [0.25, 0.3) is 0 Å². The summed E-state index contributed by atoms with van der Waals surface area (Å²) in [5, 5.41) is 12.2. The number of nitrogens with zero attached hydrogens (tertiary/aromatic N) is 1. The van der Waals surface area contributed by atoms with E-state index in [9.17, 15) is 0 Å². The Bertz CT molecular complexity index is 810. The fraction of sp³-hybridized carbons (Fsp3) is 0.435. The first-order valence-electron chi connectivity index (χ1n) is 10.1. The van der Waals surface area contributed by atoms with Crippen molar-refractivity contribution in [2.75, 3.05) is 19.7 Å². The van der Waals surface area contributed by atoms with Gasteiger partial charge >= 0.3 is 0 Å². The van der Waals surface area contributed by atoms with E-state index in [0.717, 1.165) is 25.9 Å². The molecule has 1 aliphatic carbocycles. The van der Waals surface area contributed by atoms with Crippen LogP contribution in [0, 0.1) is 11.3 Å². The average molecular weight is 380 g/mol. The number of nitrogens with one attached hydrogen (secondary N) is 1. The molecule has 3 N–H and O–H groups in total. The number of benzene rings is 2. The predicted octanol–water partition coefficient (Wildman–Crippen LogP) is 3.72. The molecule has 5 heteroatoms. The van der Waals surface area contributed by atoms with Gasteiger partial charge in [-0.15, -0.1) is 0 Å². The Balaban J connectivity index is 0.000000271. The molecule has 1 fully saturated rings. The van der Waals surface area contributed by atoms with Gasteiger partial charge < -0.3 is 20.5 Å². The number of rotatable bonds is 4. The van der Waals surface area contributed by atoms with Gasteiger partial charge in [-0.1, -0.05) is 24.3 Å². The van der Waals surface area contributed by atoms with Crippen LogP contribution in [0.25, 0.3) is 0 Å². The second-order valence-electron chi connectivity index (χ2n) is 7.16. The van der Waals surface area contributed by atoms with E-state index in [4.69, 9.17) is 20.5 Å². The number of piperidine rings is 1. The van der Waals surface area contributed by atoms with Gasteiger partial charge in [-0.05, 0) is 62.4 Å². The Morgan fingerprint density at radius 3 is 2.71 bits per heavy atom. The summed E-state index contributed by atoms with van der Waals surface area (Å²) >= 11 is 0. The Labute approximate surface area is 167 Å². The first-order chi connectivity index (χ1) is 13.7. The summed E-state index contributed by atoms with van der Waals surface area (Å²) in [6, 6.07) is 16.3. The maximum absolute atomic E-state index is 8.99. The van der Waals surface area contributed by atoms with Gasteiger partial charge in [-0.25, -0.2) is 0 Å². The number of nitrogens with two attached hydrogens (primary N) is 1. The van der Waals surface area contributed by atoms with E-state index in [-0.39, 0.29) is 6.10 Å². The van der Waals surface area contributed by atoms with Crippen molar-refractivity contribution in [2.24, 2.45) is 5.73 Å². The first-order valence-corrected chi connectivity index (χ1v) is 10.1. The largest absolute Gasteiger partial charge is 0.490 e. The molecule has 28 heavy (non-hydrogen) atoms. The van der Waals surface area contributed by atoms with E-state index < -0.39 is 0 Å². The molecule has 0 amide bonds. The van der Waals surface area contributed by atoms with Crippen molar-refractivity contribution in [3.8, 4) is 17.6 Å².